The average Bonchev–Trinajstić information content (AvgIpc) is 2.90. The Hall–Kier alpha value is -1.92. The van der Waals surface area contributed by atoms with Gasteiger partial charge >= 0.3 is 0 Å². The van der Waals surface area contributed by atoms with Crippen LogP contribution in [0.15, 0.2) is 24.3 Å². The first-order valence-corrected chi connectivity index (χ1v) is 8.57. The predicted octanol–water partition coefficient (Wildman–Crippen LogP) is 2.27. The van der Waals surface area contributed by atoms with E-state index in [1.54, 1.807) is 7.11 Å². The second-order valence-electron chi connectivity index (χ2n) is 6.16. The molecule has 0 radical (unpaired) electrons. The molecule has 2 heterocycles. The molecule has 2 aromatic rings. The minimum atomic E-state index is 0.403. The van der Waals surface area contributed by atoms with Gasteiger partial charge in [-0.1, -0.05) is 18.2 Å². The van der Waals surface area contributed by atoms with Gasteiger partial charge in [-0.05, 0) is 19.9 Å². The van der Waals surface area contributed by atoms with Crippen LogP contribution in [0.2, 0.25) is 0 Å². The van der Waals surface area contributed by atoms with Gasteiger partial charge in [-0.2, -0.15) is 0 Å². The number of methoxy groups -OCH3 is 1. The van der Waals surface area contributed by atoms with Gasteiger partial charge in [0.15, 0.2) is 5.82 Å². The maximum absolute atomic E-state index is 5.51. The van der Waals surface area contributed by atoms with Crippen molar-refractivity contribution in [3.63, 3.8) is 0 Å². The van der Waals surface area contributed by atoms with Crippen LogP contribution in [0.1, 0.15) is 31.1 Å². The molecule has 0 saturated heterocycles. The zero-order valence-corrected chi connectivity index (χ0v) is 14.7. The molecule has 6 nitrogen and oxygen atoms in total. The number of benzene rings is 1. The molecule has 0 saturated carbocycles. The molecule has 0 unspecified atom stereocenters. The van der Waals surface area contributed by atoms with E-state index in [1.807, 2.05) is 19.1 Å². The van der Waals surface area contributed by atoms with Gasteiger partial charge in [0, 0.05) is 44.3 Å². The topological polar surface area (TPSA) is 52.4 Å². The molecule has 0 bridgehead atoms. The maximum Gasteiger partial charge on any atom is 0.159 e. The average molecular weight is 330 g/mol. The van der Waals surface area contributed by atoms with Crippen molar-refractivity contribution < 1.29 is 9.47 Å². The third-order valence-electron chi connectivity index (χ3n) is 4.62. The first-order chi connectivity index (χ1) is 11.7. The van der Waals surface area contributed by atoms with Gasteiger partial charge in [0.05, 0.1) is 7.11 Å². The maximum atomic E-state index is 5.51. The fraction of sp³-hybridized carbons (Fsp3) is 0.556. The Morgan fingerprint density at radius 3 is 2.83 bits per heavy atom. The summed E-state index contributed by atoms with van der Waals surface area (Å²) in [6.07, 6.45) is 0.897. The Kier molecular flexibility index (Phi) is 5.48. The minimum Gasteiger partial charge on any atom is -0.496 e. The summed E-state index contributed by atoms with van der Waals surface area (Å²) in [5, 5.41) is 8.67. The van der Waals surface area contributed by atoms with Crippen molar-refractivity contribution in [3.8, 4) is 5.75 Å². The van der Waals surface area contributed by atoms with Crippen molar-refractivity contribution >= 4 is 0 Å². The van der Waals surface area contributed by atoms with E-state index in [2.05, 4.69) is 38.7 Å². The molecule has 6 heteroatoms. The third kappa shape index (κ3) is 3.60. The highest BCUT2D eigenvalue weighted by Gasteiger charge is 2.24. The molecule has 24 heavy (non-hydrogen) atoms. The lowest BCUT2D eigenvalue weighted by Crippen LogP contribution is -2.34. The Morgan fingerprint density at radius 2 is 2.04 bits per heavy atom. The third-order valence-corrected chi connectivity index (χ3v) is 4.62. The zero-order chi connectivity index (χ0) is 16.9. The van der Waals surface area contributed by atoms with Crippen molar-refractivity contribution in [1.29, 1.82) is 0 Å². The molecule has 1 aliphatic rings. The number of para-hydroxylation sites is 1. The standard InChI is InChI=1S/C18H26N4O2/c1-4-24-13-18-20-19-17-11-14(2)21(9-10-22(17)18)12-15-7-5-6-8-16(15)23-3/h5-8,14H,4,9-13H2,1-3H3/t14-/m0/s1. The molecular weight excluding hydrogens is 304 g/mol. The van der Waals surface area contributed by atoms with Crippen LogP contribution < -0.4 is 4.74 Å². The molecule has 1 aromatic heterocycles. The Bertz CT molecular complexity index is 671. The van der Waals surface area contributed by atoms with Crippen LogP contribution in [0, 0.1) is 0 Å². The van der Waals surface area contributed by atoms with Crippen molar-refractivity contribution in [2.75, 3.05) is 20.3 Å². The van der Waals surface area contributed by atoms with Crippen molar-refractivity contribution in [2.24, 2.45) is 0 Å². The fourth-order valence-corrected chi connectivity index (χ4v) is 3.21. The molecule has 3 rings (SSSR count). The Morgan fingerprint density at radius 1 is 1.21 bits per heavy atom. The van der Waals surface area contributed by atoms with E-state index in [9.17, 15) is 0 Å². The number of aromatic nitrogens is 3. The normalized spacial score (nSPS) is 18.2. The molecule has 1 aliphatic heterocycles. The van der Waals surface area contributed by atoms with Gasteiger partial charge in [-0.3, -0.25) is 4.90 Å². The molecule has 0 aliphatic carbocycles. The molecule has 0 amide bonds. The predicted molar refractivity (Wildman–Crippen MR) is 91.9 cm³/mol. The number of fused-ring (bicyclic) bond motifs is 1. The Balaban J connectivity index is 1.73. The fourth-order valence-electron chi connectivity index (χ4n) is 3.21. The molecule has 130 valence electrons. The van der Waals surface area contributed by atoms with E-state index < -0.39 is 0 Å². The van der Waals surface area contributed by atoms with Crippen LogP contribution >= 0.6 is 0 Å². The van der Waals surface area contributed by atoms with Crippen LogP contribution in [-0.4, -0.2) is 46.0 Å². The second kappa shape index (κ2) is 7.77. The lowest BCUT2D eigenvalue weighted by atomic mass is 10.1. The summed E-state index contributed by atoms with van der Waals surface area (Å²) in [5.41, 5.74) is 1.22. The van der Waals surface area contributed by atoms with Gasteiger partial charge in [-0.15, -0.1) is 10.2 Å². The van der Waals surface area contributed by atoms with Crippen LogP contribution in [0.5, 0.6) is 5.75 Å². The number of ether oxygens (including phenoxy) is 2. The van der Waals surface area contributed by atoms with E-state index in [1.165, 1.54) is 5.56 Å². The molecule has 0 N–H and O–H groups in total. The van der Waals surface area contributed by atoms with Gasteiger partial charge in [0.1, 0.15) is 18.2 Å². The SMILES string of the molecule is CCOCc1nnc2n1CCN(Cc1ccccc1OC)[C@@H](C)C2. The number of hydrogen-bond acceptors (Lipinski definition) is 5. The van der Waals surface area contributed by atoms with E-state index >= 15 is 0 Å². The van der Waals surface area contributed by atoms with E-state index in [0.29, 0.717) is 19.3 Å². The first kappa shape index (κ1) is 16.9. The minimum absolute atomic E-state index is 0.403. The molecule has 1 atom stereocenters. The van der Waals surface area contributed by atoms with E-state index in [-0.39, 0.29) is 0 Å². The number of hydrogen-bond donors (Lipinski definition) is 0. The summed E-state index contributed by atoms with van der Waals surface area (Å²) in [6, 6.07) is 8.63. The van der Waals surface area contributed by atoms with Gasteiger partial charge in [0.25, 0.3) is 0 Å². The van der Waals surface area contributed by atoms with Crippen molar-refractivity contribution in [1.82, 2.24) is 19.7 Å². The summed E-state index contributed by atoms with van der Waals surface area (Å²) in [7, 11) is 1.73. The van der Waals surface area contributed by atoms with Crippen molar-refractivity contribution in [3.05, 3.63) is 41.5 Å². The van der Waals surface area contributed by atoms with Crippen LogP contribution in [-0.2, 0) is 30.9 Å². The summed E-state index contributed by atoms with van der Waals surface area (Å²) in [5.74, 6) is 2.93. The van der Waals surface area contributed by atoms with E-state index in [4.69, 9.17) is 9.47 Å². The smallest absolute Gasteiger partial charge is 0.159 e. The van der Waals surface area contributed by atoms with Crippen LogP contribution in [0.4, 0.5) is 0 Å². The van der Waals surface area contributed by atoms with Gasteiger partial charge in [-0.25, -0.2) is 0 Å². The van der Waals surface area contributed by atoms with Gasteiger partial charge in [0.2, 0.25) is 0 Å². The summed E-state index contributed by atoms with van der Waals surface area (Å²) < 4.78 is 13.2. The Labute approximate surface area is 143 Å². The van der Waals surface area contributed by atoms with Crippen LogP contribution in [0.3, 0.4) is 0 Å². The molecule has 0 fully saturated rings. The quantitative estimate of drug-likeness (QED) is 0.813. The molecule has 1 aromatic carbocycles. The highest BCUT2D eigenvalue weighted by atomic mass is 16.5. The molecule has 0 spiro atoms. The monoisotopic (exact) mass is 330 g/mol. The van der Waals surface area contributed by atoms with Crippen molar-refractivity contribution in [2.45, 2.75) is 46.0 Å². The zero-order valence-electron chi connectivity index (χ0n) is 14.7. The number of nitrogens with zero attached hydrogens (tertiary/aromatic N) is 4. The highest BCUT2D eigenvalue weighted by molar-refractivity contribution is 5.33. The second-order valence-corrected chi connectivity index (χ2v) is 6.16. The summed E-state index contributed by atoms with van der Waals surface area (Å²) in [4.78, 5) is 2.48. The number of rotatable bonds is 6. The molecular formula is C18H26N4O2. The lowest BCUT2D eigenvalue weighted by Gasteiger charge is -2.27. The summed E-state index contributed by atoms with van der Waals surface area (Å²) >= 11 is 0. The largest absolute Gasteiger partial charge is 0.496 e. The lowest BCUT2D eigenvalue weighted by molar-refractivity contribution is 0.124. The summed E-state index contributed by atoms with van der Waals surface area (Å²) in [6.45, 7) is 8.21. The van der Waals surface area contributed by atoms with Crippen LogP contribution in [0.25, 0.3) is 0 Å². The highest BCUT2D eigenvalue weighted by Crippen LogP contribution is 2.23. The van der Waals surface area contributed by atoms with E-state index in [0.717, 1.165) is 43.5 Å². The first-order valence-electron chi connectivity index (χ1n) is 8.57. The van der Waals surface area contributed by atoms with Gasteiger partial charge < -0.3 is 14.0 Å².